The molecule has 0 heteroatoms. The van der Waals surface area contributed by atoms with Crippen molar-refractivity contribution in [3.05, 3.63) is 0 Å². The summed E-state index contributed by atoms with van der Waals surface area (Å²) < 4.78 is 0. The van der Waals surface area contributed by atoms with Crippen LogP contribution in [0.2, 0.25) is 0 Å². The molecule has 0 amide bonds. The molecule has 0 aromatic carbocycles. The first-order chi connectivity index (χ1) is 40.2. The Morgan fingerprint density at radius 1 is 0.379 bits per heavy atom. The van der Waals surface area contributed by atoms with Crippen LogP contribution in [0.5, 0.6) is 0 Å². The molecule has 5 atom stereocenters. The van der Waals surface area contributed by atoms with Gasteiger partial charge in [-0.05, 0) is 340 Å². The highest BCUT2D eigenvalue weighted by atomic mass is 14.6. The quantitative estimate of drug-likeness (QED) is 0.263. The fourth-order valence-corrected chi connectivity index (χ4v) is 25.8. The van der Waals surface area contributed by atoms with Gasteiger partial charge in [-0.1, -0.05) is 212 Å². The van der Waals surface area contributed by atoms with Crippen LogP contribution in [0.15, 0.2) is 0 Å². The molecule has 19 rings (SSSR count). The van der Waals surface area contributed by atoms with E-state index in [1.807, 2.05) is 0 Å². The zero-order valence-electron chi connectivity index (χ0n) is 64.7. The van der Waals surface area contributed by atoms with Crippen molar-refractivity contribution in [2.45, 2.75) is 392 Å². The van der Waals surface area contributed by atoms with Crippen LogP contribution in [0.4, 0.5) is 0 Å². The first-order valence-electron chi connectivity index (χ1n) is 40.2. The molecule has 19 saturated carbocycles. The minimum atomic E-state index is 0.526. The largest absolute Gasteiger partial charge is 0.0651 e. The van der Waals surface area contributed by atoms with Crippen LogP contribution >= 0.6 is 0 Å². The molecule has 0 saturated heterocycles. The standard InChI is InChI=1S/C12H20.2C12H24.C11H20.C11H22.2C10H18.C9H16/c1-2-12-6-9-3-10(7-12)5-11(4-9)8-12;1-9(2)10-11(3,4)7-8-12(10,5)6;1-7-12(6)8-10(2,3)11(4,5)9-12;1-8-9-4-6-10(7-5-9)11(8,2)3;1-6-9-7-10(2,3)11(4,5)8-9;1-8-7-9-3-5-10(8,2)6-4-9;1-7-8(2)10-5-3-9(7)4-6-10;1-7-6-8-2-4-9(7)5-3-8/h9-11H,2-8H2,1H3;9-10H,7-8H2,1-6H3;7-9H2,1-6H3;8-10H,4-7H2,1-3H3;9H,6-8H2,1-5H3;8-9H,3-7H2,1-2H3;7-10H,3-6H2,1-2H3;7-9H,2-6H2,1H3/t;;;8-,9?,10?;;8-,9?,10?;7-,8?,9?,10?;7-,8?,9?/m...1.000/s1. The molecule has 510 valence electrons. The first-order valence-corrected chi connectivity index (χ1v) is 40.2. The summed E-state index contributed by atoms with van der Waals surface area (Å²) in [5, 5.41) is 0. The van der Waals surface area contributed by atoms with Crippen LogP contribution < -0.4 is 0 Å². The Morgan fingerprint density at radius 3 is 1.01 bits per heavy atom. The predicted octanol–water partition coefficient (Wildman–Crippen LogP) is 28.4. The Kier molecular flexibility index (Phi) is 24.6. The second-order valence-electron chi connectivity index (χ2n) is 42.0. The molecule has 0 N–H and O–H groups in total. The van der Waals surface area contributed by atoms with Gasteiger partial charge in [0.15, 0.2) is 0 Å². The average molecular weight is 1210 g/mol. The smallest absolute Gasteiger partial charge is 0.0288 e. The number of fused-ring (bicyclic) bond motifs is 12. The predicted molar refractivity (Wildman–Crippen MR) is 387 cm³/mol. The summed E-state index contributed by atoms with van der Waals surface area (Å²) in [4.78, 5) is 0. The normalized spacial score (nSPS) is 43.0. The van der Waals surface area contributed by atoms with Crippen LogP contribution in [0.1, 0.15) is 392 Å². The van der Waals surface area contributed by atoms with E-state index in [1.165, 1.54) is 141 Å². The maximum atomic E-state index is 2.49. The van der Waals surface area contributed by atoms with Crippen molar-refractivity contribution in [3.8, 4) is 0 Å². The van der Waals surface area contributed by atoms with Crippen molar-refractivity contribution in [2.24, 2.45) is 161 Å². The highest BCUT2D eigenvalue weighted by Crippen LogP contribution is 2.64. The van der Waals surface area contributed by atoms with E-state index < -0.39 is 0 Å². The van der Waals surface area contributed by atoms with Crippen LogP contribution in [-0.2, 0) is 0 Å². The molecule has 12 bridgehead atoms. The lowest BCUT2D eigenvalue weighted by Crippen LogP contribution is -2.45. The lowest BCUT2D eigenvalue weighted by atomic mass is 9.49. The van der Waals surface area contributed by atoms with Gasteiger partial charge in [-0.25, -0.2) is 0 Å². The molecular formula is C87H162. The third-order valence-electron chi connectivity index (χ3n) is 33.5. The molecule has 19 aliphatic rings. The van der Waals surface area contributed by atoms with Crippen molar-refractivity contribution >= 4 is 0 Å². The minimum Gasteiger partial charge on any atom is -0.0651 e. The molecule has 1 unspecified atom stereocenters. The van der Waals surface area contributed by atoms with Crippen molar-refractivity contribution in [2.75, 3.05) is 0 Å². The molecule has 0 spiro atoms. The van der Waals surface area contributed by atoms with Gasteiger partial charge >= 0.3 is 0 Å². The van der Waals surface area contributed by atoms with Crippen molar-refractivity contribution < 1.29 is 0 Å². The SMILES string of the molecule is CC(C)C1C(C)(C)CCC1(C)C.CC1C2CCC(CC2)[C@H]1C.CCC1(C)CC(C)(C)C(C)(C)C1.CCC12CC3CC(CC(C3)C1)C2.CCC1CC(C)(C)C(C)(C)C1.C[C@@H]1C2CCC(CC2)C1(C)C.C[C@H]1CC2CCC1(C)CC2.C[C@H]1CC2CCC1CC2. The van der Waals surface area contributed by atoms with Gasteiger partial charge in [-0.2, -0.15) is 0 Å². The summed E-state index contributed by atoms with van der Waals surface area (Å²) in [6.07, 6.45) is 49.8. The van der Waals surface area contributed by atoms with Crippen LogP contribution in [0.25, 0.3) is 0 Å². The highest BCUT2D eigenvalue weighted by molar-refractivity contribution is 5.03. The molecule has 19 aliphatic carbocycles. The molecule has 0 radical (unpaired) electrons. The second-order valence-corrected chi connectivity index (χ2v) is 42.0. The number of hydrogen-bond acceptors (Lipinski definition) is 0. The number of rotatable bonds is 4. The minimum absolute atomic E-state index is 0.526. The molecule has 0 aromatic heterocycles. The van der Waals surface area contributed by atoms with E-state index in [1.54, 1.807) is 70.6 Å². The van der Waals surface area contributed by atoms with Gasteiger partial charge in [-0.3, -0.25) is 0 Å². The van der Waals surface area contributed by atoms with E-state index >= 15 is 0 Å². The molecule has 87 heavy (non-hydrogen) atoms. The lowest BCUT2D eigenvalue weighted by Gasteiger charge is -2.56. The van der Waals surface area contributed by atoms with Crippen molar-refractivity contribution in [1.29, 1.82) is 0 Å². The van der Waals surface area contributed by atoms with Gasteiger partial charge in [0.05, 0.1) is 0 Å². The molecule has 19 fully saturated rings. The summed E-state index contributed by atoms with van der Waals surface area (Å²) in [6.45, 7) is 63.1. The maximum absolute atomic E-state index is 2.49. The van der Waals surface area contributed by atoms with Crippen molar-refractivity contribution in [1.82, 2.24) is 0 Å². The molecule has 0 nitrogen and oxygen atoms in total. The van der Waals surface area contributed by atoms with Gasteiger partial charge in [-0.15, -0.1) is 0 Å². The van der Waals surface area contributed by atoms with Gasteiger partial charge in [0.25, 0.3) is 0 Å². The van der Waals surface area contributed by atoms with Crippen LogP contribution in [0.3, 0.4) is 0 Å². The van der Waals surface area contributed by atoms with Gasteiger partial charge in [0, 0.05) is 0 Å². The van der Waals surface area contributed by atoms with Gasteiger partial charge in [0.2, 0.25) is 0 Å². The topological polar surface area (TPSA) is 0 Å². The number of hydrogen-bond donors (Lipinski definition) is 0. The summed E-state index contributed by atoms with van der Waals surface area (Å²) in [7, 11) is 0. The Morgan fingerprint density at radius 2 is 0.782 bits per heavy atom. The zero-order chi connectivity index (χ0) is 64.7. The van der Waals surface area contributed by atoms with Gasteiger partial charge < -0.3 is 0 Å². The molecule has 0 aliphatic heterocycles. The first kappa shape index (κ1) is 74.4. The van der Waals surface area contributed by atoms with Crippen LogP contribution in [-0.4, -0.2) is 0 Å². The molecule has 0 heterocycles. The van der Waals surface area contributed by atoms with E-state index in [2.05, 4.69) is 180 Å². The third kappa shape index (κ3) is 17.5. The second kappa shape index (κ2) is 28.8. The van der Waals surface area contributed by atoms with E-state index in [0.717, 1.165) is 117 Å². The summed E-state index contributed by atoms with van der Waals surface area (Å²) in [6, 6.07) is 0. The molecule has 0 aromatic rings. The molecular weight excluding hydrogens is 1040 g/mol. The summed E-state index contributed by atoms with van der Waals surface area (Å²) in [5.41, 5.74) is 6.16. The van der Waals surface area contributed by atoms with E-state index in [-0.39, 0.29) is 0 Å². The fourth-order valence-electron chi connectivity index (χ4n) is 25.8. The van der Waals surface area contributed by atoms with E-state index in [4.69, 9.17) is 0 Å². The summed E-state index contributed by atoms with van der Waals surface area (Å²) >= 11 is 0. The van der Waals surface area contributed by atoms with E-state index in [9.17, 15) is 0 Å². The fraction of sp³-hybridized carbons (Fsp3) is 1.00. The third-order valence-corrected chi connectivity index (χ3v) is 33.5. The lowest BCUT2D eigenvalue weighted by molar-refractivity contribution is -0.0545. The average Bonchev–Trinajstić information content (AvgIpc) is 1.37. The van der Waals surface area contributed by atoms with Crippen molar-refractivity contribution in [3.63, 3.8) is 0 Å². The van der Waals surface area contributed by atoms with Gasteiger partial charge in [0.1, 0.15) is 0 Å². The Bertz CT molecular complexity index is 1940. The monoisotopic (exact) mass is 1210 g/mol. The Hall–Kier alpha value is 0. The van der Waals surface area contributed by atoms with Crippen LogP contribution in [0, 0.1) is 161 Å². The van der Waals surface area contributed by atoms with E-state index in [0.29, 0.717) is 43.3 Å². The zero-order valence-corrected chi connectivity index (χ0v) is 64.7. The highest BCUT2D eigenvalue weighted by Gasteiger charge is 2.53. The maximum Gasteiger partial charge on any atom is -0.0288 e. The Balaban J connectivity index is 0.000000142. The Labute approximate surface area is 549 Å². The summed E-state index contributed by atoms with van der Waals surface area (Å²) in [5.74, 6) is 19.0.